The Morgan fingerprint density at radius 1 is 1.14 bits per heavy atom. The topological polar surface area (TPSA) is 140 Å². The van der Waals surface area contributed by atoms with Crippen molar-refractivity contribution in [3.8, 4) is 5.88 Å². The molecule has 1 aromatic carbocycles. The van der Waals surface area contributed by atoms with E-state index in [4.69, 9.17) is 22.1 Å². The molecule has 184 valence electrons. The van der Waals surface area contributed by atoms with Gasteiger partial charge in [-0.05, 0) is 36.6 Å². The normalized spacial score (nSPS) is 12.8. The second kappa shape index (κ2) is 11.0. The first-order valence-corrected chi connectivity index (χ1v) is 11.5. The van der Waals surface area contributed by atoms with Gasteiger partial charge in [-0.2, -0.15) is 4.98 Å². The minimum atomic E-state index is -0.406. The molecular weight excluding hydrogens is 484 g/mol. The van der Waals surface area contributed by atoms with Crippen molar-refractivity contribution in [2.45, 2.75) is 19.4 Å². The number of nitrogens with zero attached hydrogens (tertiary/aromatic N) is 4. The number of anilines is 2. The average Bonchev–Trinajstić information content (AvgIpc) is 3.12. The fraction of sp³-hybridized carbons (Fsp3) is 0.200. The molecule has 0 saturated carbocycles. The zero-order valence-corrected chi connectivity index (χ0v) is 20.2. The summed E-state index contributed by atoms with van der Waals surface area (Å²) in [6, 6.07) is 10.3. The molecule has 3 aromatic rings. The molecular formula is C25H23ClN6O4. The fourth-order valence-corrected chi connectivity index (χ4v) is 3.97. The SMILES string of the molecule is COc1ccc(CNc2nc(N)nc(Cl)c2C(=O)/C=C/CCCN2C(=O)c3ccccc3C2=O)cn1. The first kappa shape index (κ1) is 24.8. The minimum absolute atomic E-state index is 0.0708. The summed E-state index contributed by atoms with van der Waals surface area (Å²) < 4.78 is 5.05. The van der Waals surface area contributed by atoms with E-state index in [1.54, 1.807) is 42.6 Å². The Morgan fingerprint density at radius 2 is 1.86 bits per heavy atom. The Labute approximate surface area is 212 Å². The summed E-state index contributed by atoms with van der Waals surface area (Å²) in [6.45, 7) is 0.563. The largest absolute Gasteiger partial charge is 0.481 e. The van der Waals surface area contributed by atoms with Crippen LogP contribution >= 0.6 is 11.6 Å². The number of ether oxygens (including phenoxy) is 1. The van der Waals surface area contributed by atoms with Crippen LogP contribution in [0.15, 0.2) is 54.7 Å². The number of imide groups is 1. The molecule has 3 heterocycles. The van der Waals surface area contributed by atoms with Gasteiger partial charge in [0.05, 0.1) is 18.2 Å². The Bertz CT molecular complexity index is 1310. The number of hydrogen-bond donors (Lipinski definition) is 2. The van der Waals surface area contributed by atoms with E-state index in [-0.39, 0.29) is 40.8 Å². The number of fused-ring (bicyclic) bond motifs is 1. The van der Waals surface area contributed by atoms with Crippen molar-refractivity contribution in [3.63, 3.8) is 0 Å². The molecule has 0 fully saturated rings. The van der Waals surface area contributed by atoms with E-state index in [1.807, 2.05) is 6.07 Å². The van der Waals surface area contributed by atoms with Crippen molar-refractivity contribution in [1.29, 1.82) is 0 Å². The molecule has 4 rings (SSSR count). The maximum absolute atomic E-state index is 12.9. The Balaban J connectivity index is 1.36. The molecule has 0 spiro atoms. The van der Waals surface area contributed by atoms with Crippen LogP contribution < -0.4 is 15.8 Å². The number of carbonyl (C=O) groups is 3. The van der Waals surface area contributed by atoms with Crippen LogP contribution in [-0.4, -0.2) is 51.1 Å². The number of nitrogen functional groups attached to an aromatic ring is 1. The number of pyridine rings is 1. The van der Waals surface area contributed by atoms with Gasteiger partial charge in [0.2, 0.25) is 11.8 Å². The summed E-state index contributed by atoms with van der Waals surface area (Å²) >= 11 is 6.22. The number of ketones is 1. The molecule has 2 aromatic heterocycles. The van der Waals surface area contributed by atoms with E-state index in [0.29, 0.717) is 36.4 Å². The molecule has 2 amide bonds. The number of halogens is 1. The number of carbonyl (C=O) groups excluding carboxylic acids is 3. The van der Waals surface area contributed by atoms with Gasteiger partial charge in [-0.3, -0.25) is 19.3 Å². The Kier molecular flexibility index (Phi) is 7.55. The van der Waals surface area contributed by atoms with Gasteiger partial charge in [0, 0.05) is 25.4 Å². The third-order valence-corrected chi connectivity index (χ3v) is 5.77. The van der Waals surface area contributed by atoms with Gasteiger partial charge in [-0.1, -0.05) is 35.9 Å². The summed E-state index contributed by atoms with van der Waals surface area (Å²) in [4.78, 5) is 51.1. The molecule has 0 atom stereocenters. The number of hydrogen-bond acceptors (Lipinski definition) is 9. The maximum atomic E-state index is 12.9. The van der Waals surface area contributed by atoms with Crippen molar-refractivity contribution in [3.05, 3.63) is 82.2 Å². The standard InChI is InChI=1S/C25H23ClN6O4/c1-36-19-11-10-15(13-28-19)14-29-22-20(21(26)30-25(27)31-22)18(33)9-3-2-6-12-32-23(34)16-7-4-5-8-17(16)24(32)35/h3-5,7-11,13H,2,6,12,14H2,1H3,(H3,27,29,30,31)/b9-3+. The summed E-state index contributed by atoms with van der Waals surface area (Å²) in [5.74, 6) is -0.400. The molecule has 0 saturated heterocycles. The van der Waals surface area contributed by atoms with E-state index >= 15 is 0 Å². The van der Waals surface area contributed by atoms with E-state index in [2.05, 4.69) is 20.3 Å². The average molecular weight is 507 g/mol. The van der Waals surface area contributed by atoms with Gasteiger partial charge in [-0.15, -0.1) is 0 Å². The van der Waals surface area contributed by atoms with Gasteiger partial charge in [0.15, 0.2) is 5.78 Å². The van der Waals surface area contributed by atoms with Crippen molar-refractivity contribution in [1.82, 2.24) is 19.9 Å². The zero-order valence-electron chi connectivity index (χ0n) is 19.4. The molecule has 1 aliphatic heterocycles. The highest BCUT2D eigenvalue weighted by atomic mass is 35.5. The smallest absolute Gasteiger partial charge is 0.261 e. The Hall–Kier alpha value is -4.31. The van der Waals surface area contributed by atoms with Crippen LogP contribution in [0.25, 0.3) is 0 Å². The molecule has 3 N–H and O–H groups in total. The molecule has 1 aliphatic rings. The number of allylic oxidation sites excluding steroid dienone is 2. The number of amides is 2. The zero-order chi connectivity index (χ0) is 25.7. The van der Waals surface area contributed by atoms with E-state index < -0.39 is 5.78 Å². The number of benzene rings is 1. The van der Waals surface area contributed by atoms with Crippen LogP contribution in [-0.2, 0) is 6.54 Å². The number of rotatable bonds is 10. The van der Waals surface area contributed by atoms with Crippen molar-refractivity contribution < 1.29 is 19.1 Å². The monoisotopic (exact) mass is 506 g/mol. The predicted octanol–water partition coefficient (Wildman–Crippen LogP) is 3.54. The van der Waals surface area contributed by atoms with Crippen molar-refractivity contribution in [2.24, 2.45) is 0 Å². The highest BCUT2D eigenvalue weighted by Crippen LogP contribution is 2.25. The second-order valence-corrected chi connectivity index (χ2v) is 8.23. The molecule has 36 heavy (non-hydrogen) atoms. The molecule has 11 heteroatoms. The summed E-state index contributed by atoms with van der Waals surface area (Å²) in [5, 5.41) is 2.98. The van der Waals surface area contributed by atoms with Crippen molar-refractivity contribution >= 4 is 41.0 Å². The van der Waals surface area contributed by atoms with E-state index in [9.17, 15) is 14.4 Å². The molecule has 0 bridgehead atoms. The van der Waals surface area contributed by atoms with Crippen LogP contribution in [0.4, 0.5) is 11.8 Å². The van der Waals surface area contributed by atoms with Gasteiger partial charge in [0.1, 0.15) is 16.5 Å². The second-order valence-electron chi connectivity index (χ2n) is 7.87. The minimum Gasteiger partial charge on any atom is -0.481 e. The van der Waals surface area contributed by atoms with Crippen molar-refractivity contribution in [2.75, 3.05) is 24.7 Å². The third-order valence-electron chi connectivity index (χ3n) is 5.50. The first-order valence-electron chi connectivity index (χ1n) is 11.1. The third kappa shape index (κ3) is 5.33. The van der Waals surface area contributed by atoms with E-state index in [0.717, 1.165) is 5.56 Å². The maximum Gasteiger partial charge on any atom is 0.261 e. The molecule has 0 radical (unpaired) electrons. The lowest BCUT2D eigenvalue weighted by molar-refractivity contribution is 0.0652. The highest BCUT2D eigenvalue weighted by Gasteiger charge is 2.34. The van der Waals surface area contributed by atoms with Crippen LogP contribution in [0, 0.1) is 0 Å². The van der Waals surface area contributed by atoms with E-state index in [1.165, 1.54) is 18.1 Å². The summed E-state index contributed by atoms with van der Waals surface area (Å²) in [6.07, 6.45) is 5.62. The van der Waals surface area contributed by atoms with Crippen LogP contribution in [0.5, 0.6) is 5.88 Å². The van der Waals surface area contributed by atoms with Gasteiger partial charge >= 0.3 is 0 Å². The van der Waals surface area contributed by atoms with Gasteiger partial charge in [-0.25, -0.2) is 9.97 Å². The lowest BCUT2D eigenvalue weighted by Gasteiger charge is -2.12. The lowest BCUT2D eigenvalue weighted by atomic mass is 10.1. The molecule has 10 nitrogen and oxygen atoms in total. The number of nitrogens with one attached hydrogen (secondary N) is 1. The van der Waals surface area contributed by atoms with Gasteiger partial charge < -0.3 is 15.8 Å². The lowest BCUT2D eigenvalue weighted by Crippen LogP contribution is -2.30. The predicted molar refractivity (Wildman–Crippen MR) is 134 cm³/mol. The highest BCUT2D eigenvalue weighted by molar-refractivity contribution is 6.34. The Morgan fingerprint density at radius 3 is 2.50 bits per heavy atom. The van der Waals surface area contributed by atoms with Gasteiger partial charge in [0.25, 0.3) is 11.8 Å². The summed E-state index contributed by atoms with van der Waals surface area (Å²) in [5.41, 5.74) is 7.46. The molecule has 0 unspecified atom stereocenters. The summed E-state index contributed by atoms with van der Waals surface area (Å²) in [7, 11) is 1.53. The van der Waals surface area contributed by atoms with Crippen LogP contribution in [0.2, 0.25) is 5.15 Å². The van der Waals surface area contributed by atoms with Crippen LogP contribution in [0.3, 0.4) is 0 Å². The number of nitrogens with two attached hydrogens (primary N) is 1. The number of unbranched alkanes of at least 4 members (excludes halogenated alkanes) is 1. The first-order chi connectivity index (χ1) is 17.4. The fourth-order valence-electron chi connectivity index (χ4n) is 3.70. The molecule has 0 aliphatic carbocycles. The van der Waals surface area contributed by atoms with Crippen LogP contribution in [0.1, 0.15) is 49.5 Å². The number of aromatic nitrogens is 3. The quantitative estimate of drug-likeness (QED) is 0.139. The number of methoxy groups -OCH3 is 1.